The highest BCUT2D eigenvalue weighted by Crippen LogP contribution is 2.47. The quantitative estimate of drug-likeness (QED) is 0.0154. The second-order valence-electron chi connectivity index (χ2n) is 16.7. The highest BCUT2D eigenvalue weighted by Gasteiger charge is 2.51. The molecule has 14 nitrogen and oxygen atoms in total. The van der Waals surface area contributed by atoms with Crippen molar-refractivity contribution in [1.29, 1.82) is 0 Å². The van der Waals surface area contributed by atoms with Gasteiger partial charge in [-0.15, -0.1) is 0 Å². The summed E-state index contributed by atoms with van der Waals surface area (Å²) in [7, 11) is -5.11. The third kappa shape index (κ3) is 23.7. The molecule has 1 aliphatic carbocycles. The molecule has 6 N–H and O–H groups in total. The summed E-state index contributed by atoms with van der Waals surface area (Å²) in [4.78, 5) is 35.7. The topological polar surface area (TPSA) is 222 Å². The Morgan fingerprint density at radius 1 is 0.534 bits per heavy atom. The number of carbonyl (C=O) groups is 2. The van der Waals surface area contributed by atoms with Crippen LogP contribution in [0.25, 0.3) is 0 Å². The lowest BCUT2D eigenvalue weighted by atomic mass is 9.85. The smallest absolute Gasteiger partial charge is 0.462 e. The van der Waals surface area contributed by atoms with Crippen LogP contribution in [0.4, 0.5) is 0 Å². The Morgan fingerprint density at radius 3 is 1.38 bits per heavy atom. The second-order valence-corrected chi connectivity index (χ2v) is 18.1. The molecule has 2 rings (SSSR count). The van der Waals surface area contributed by atoms with Crippen LogP contribution in [0.3, 0.4) is 0 Å². The van der Waals surface area contributed by atoms with E-state index in [1.165, 1.54) is 89.9 Å². The minimum absolute atomic E-state index is 0.0912. The van der Waals surface area contributed by atoms with Crippen LogP contribution in [-0.2, 0) is 37.4 Å². The summed E-state index contributed by atoms with van der Waals surface area (Å²) < 4.78 is 39.3. The molecule has 0 radical (unpaired) electrons. The maximum absolute atomic E-state index is 12.8. The van der Waals surface area contributed by atoms with Gasteiger partial charge in [0.2, 0.25) is 0 Å². The van der Waals surface area contributed by atoms with Gasteiger partial charge in [0, 0.05) is 12.8 Å². The number of aliphatic hydroxyl groups is 5. The Labute approximate surface area is 348 Å². The summed E-state index contributed by atoms with van der Waals surface area (Å²) in [6, 6.07) is 0. The molecule has 1 aliphatic heterocycles. The number of esters is 2. The third-order valence-electron chi connectivity index (χ3n) is 11.4. The van der Waals surface area contributed by atoms with Crippen molar-refractivity contribution in [2.45, 2.75) is 249 Å². The van der Waals surface area contributed by atoms with Gasteiger partial charge in [0.25, 0.3) is 0 Å². The van der Waals surface area contributed by atoms with Crippen molar-refractivity contribution in [1.82, 2.24) is 0 Å². The fraction of sp³-hybridized carbons (Fsp3) is 0.953. The highest BCUT2D eigenvalue weighted by atomic mass is 31.2. The number of unbranched alkanes of at least 4 members (excludes halogenated alkanes) is 21. The molecular weight excluding hydrogens is 771 g/mol. The molecule has 8 atom stereocenters. The van der Waals surface area contributed by atoms with Crippen LogP contribution in [0.1, 0.15) is 194 Å². The van der Waals surface area contributed by atoms with Gasteiger partial charge in [-0.25, -0.2) is 4.57 Å². The number of epoxide rings is 1. The summed E-state index contributed by atoms with van der Waals surface area (Å²) in [5, 5.41) is 50.1. The number of ether oxygens (including phenoxy) is 3. The largest absolute Gasteiger partial charge is 0.472 e. The summed E-state index contributed by atoms with van der Waals surface area (Å²) in [5.74, 6) is -1.10. The molecule has 0 bridgehead atoms. The number of rotatable bonds is 37. The van der Waals surface area contributed by atoms with Crippen molar-refractivity contribution >= 4 is 19.8 Å². The van der Waals surface area contributed by atoms with Crippen molar-refractivity contribution in [2.75, 3.05) is 13.2 Å². The summed E-state index contributed by atoms with van der Waals surface area (Å²) in [6.45, 7) is 3.28. The molecule has 1 saturated carbocycles. The molecule has 8 unspecified atom stereocenters. The molecule has 1 heterocycles. The first-order valence-electron chi connectivity index (χ1n) is 23.0. The van der Waals surface area contributed by atoms with Gasteiger partial charge < -0.3 is 44.6 Å². The van der Waals surface area contributed by atoms with E-state index in [0.29, 0.717) is 25.0 Å². The van der Waals surface area contributed by atoms with E-state index in [0.717, 1.165) is 64.2 Å². The molecule has 0 amide bonds. The first-order chi connectivity index (χ1) is 27.9. The summed E-state index contributed by atoms with van der Waals surface area (Å²) >= 11 is 0. The Hall–Kier alpha value is -1.19. The van der Waals surface area contributed by atoms with Gasteiger partial charge in [0.15, 0.2) is 6.10 Å². The molecule has 0 spiro atoms. The van der Waals surface area contributed by atoms with E-state index in [1.807, 2.05) is 0 Å². The van der Waals surface area contributed by atoms with E-state index in [-0.39, 0.29) is 12.8 Å². The van der Waals surface area contributed by atoms with Gasteiger partial charge in [-0.05, 0) is 25.7 Å². The van der Waals surface area contributed by atoms with Crippen molar-refractivity contribution in [2.24, 2.45) is 0 Å². The first-order valence-corrected chi connectivity index (χ1v) is 24.5. The van der Waals surface area contributed by atoms with E-state index in [9.17, 15) is 44.6 Å². The van der Waals surface area contributed by atoms with E-state index < -0.39 is 75.7 Å². The fourth-order valence-electron chi connectivity index (χ4n) is 7.55. The standard InChI is InChI=1S/C43H81O14P/c1-3-5-7-9-10-11-12-13-14-15-18-21-25-29-36(44)53-31-33(32-54-58(51,52)57-43-41(49)39(47)38(46)40(48)42(43)50)55-37(45)30-26-22-19-16-17-20-24-28-35-34(56-35)27-23-8-6-4-2/h33-35,38-43,46-50H,3-32H2,1-2H3,(H,51,52). The number of phosphoric ester groups is 1. The molecule has 2 aliphatic rings. The van der Waals surface area contributed by atoms with E-state index >= 15 is 0 Å². The van der Waals surface area contributed by atoms with Crippen molar-refractivity contribution < 1.29 is 67.8 Å². The van der Waals surface area contributed by atoms with Crippen LogP contribution in [0, 0.1) is 0 Å². The average molecular weight is 853 g/mol. The molecule has 58 heavy (non-hydrogen) atoms. The summed E-state index contributed by atoms with van der Waals surface area (Å²) in [6.07, 6.45) is 17.5. The number of aliphatic hydroxyl groups excluding tert-OH is 5. The number of hydrogen-bond acceptors (Lipinski definition) is 13. The van der Waals surface area contributed by atoms with E-state index in [2.05, 4.69) is 13.8 Å². The van der Waals surface area contributed by atoms with Crippen LogP contribution in [0.15, 0.2) is 0 Å². The maximum atomic E-state index is 12.8. The maximum Gasteiger partial charge on any atom is 0.472 e. The van der Waals surface area contributed by atoms with Gasteiger partial charge >= 0.3 is 19.8 Å². The lowest BCUT2D eigenvalue weighted by molar-refractivity contribution is -0.220. The molecule has 0 aromatic heterocycles. The Kier molecular flexibility index (Phi) is 28.9. The third-order valence-corrected chi connectivity index (χ3v) is 12.3. The normalized spacial score (nSPS) is 25.9. The average Bonchev–Trinajstić information content (AvgIpc) is 3.96. The van der Waals surface area contributed by atoms with Gasteiger partial charge in [0.05, 0.1) is 18.8 Å². The van der Waals surface area contributed by atoms with Crippen molar-refractivity contribution in [3.63, 3.8) is 0 Å². The van der Waals surface area contributed by atoms with Crippen molar-refractivity contribution in [3.8, 4) is 0 Å². The van der Waals surface area contributed by atoms with Gasteiger partial charge in [-0.1, -0.05) is 155 Å². The molecule has 15 heteroatoms. The zero-order chi connectivity index (χ0) is 42.6. The number of phosphoric acid groups is 1. The molecular formula is C43H81O14P. The van der Waals surface area contributed by atoms with E-state index in [4.69, 9.17) is 23.3 Å². The van der Waals surface area contributed by atoms with Gasteiger partial charge in [-0.2, -0.15) is 0 Å². The molecule has 342 valence electrons. The van der Waals surface area contributed by atoms with Crippen LogP contribution in [0.2, 0.25) is 0 Å². The minimum Gasteiger partial charge on any atom is -0.462 e. The van der Waals surface area contributed by atoms with Crippen LogP contribution < -0.4 is 0 Å². The monoisotopic (exact) mass is 853 g/mol. The Morgan fingerprint density at radius 2 is 0.914 bits per heavy atom. The minimum atomic E-state index is -5.11. The fourth-order valence-corrected chi connectivity index (χ4v) is 8.52. The van der Waals surface area contributed by atoms with Crippen LogP contribution in [0.5, 0.6) is 0 Å². The van der Waals surface area contributed by atoms with Gasteiger partial charge in [0.1, 0.15) is 43.2 Å². The number of hydrogen-bond donors (Lipinski definition) is 6. The van der Waals surface area contributed by atoms with Gasteiger partial charge in [-0.3, -0.25) is 18.6 Å². The molecule has 0 aromatic rings. The van der Waals surface area contributed by atoms with Crippen molar-refractivity contribution in [3.05, 3.63) is 0 Å². The lowest BCUT2D eigenvalue weighted by Gasteiger charge is -2.41. The zero-order valence-corrected chi connectivity index (χ0v) is 36.7. The molecule has 1 saturated heterocycles. The second kappa shape index (κ2) is 31.6. The Bertz CT molecular complexity index is 1100. The van der Waals surface area contributed by atoms with E-state index in [1.54, 1.807) is 0 Å². The molecule has 0 aromatic carbocycles. The molecule has 2 fully saturated rings. The van der Waals surface area contributed by atoms with Crippen LogP contribution >= 0.6 is 7.82 Å². The number of carbonyl (C=O) groups excluding carboxylic acids is 2. The zero-order valence-electron chi connectivity index (χ0n) is 35.8. The predicted octanol–water partition coefficient (Wildman–Crippen LogP) is 7.49. The van der Waals surface area contributed by atoms with Crippen LogP contribution in [-0.4, -0.2) is 111 Å². The Balaban J connectivity index is 1.70. The highest BCUT2D eigenvalue weighted by molar-refractivity contribution is 7.47. The summed E-state index contributed by atoms with van der Waals surface area (Å²) in [5.41, 5.74) is 0. The lowest BCUT2D eigenvalue weighted by Crippen LogP contribution is -2.64. The first kappa shape index (κ1) is 52.9. The SMILES string of the molecule is CCCCCCCCCCCCCCCC(=O)OCC(COP(=O)(O)OC1C(O)C(O)C(O)C(O)C1O)OC(=O)CCCCCCCCCC1OC1CCCCCC. The predicted molar refractivity (Wildman–Crippen MR) is 221 cm³/mol.